The zero-order chi connectivity index (χ0) is 19.5. The van der Waals surface area contributed by atoms with Gasteiger partial charge in [0.1, 0.15) is 17.2 Å². The summed E-state index contributed by atoms with van der Waals surface area (Å²) in [7, 11) is 0. The number of hydrogen-bond acceptors (Lipinski definition) is 5. The van der Waals surface area contributed by atoms with Crippen LogP contribution in [-0.4, -0.2) is 28.6 Å². The van der Waals surface area contributed by atoms with Crippen molar-refractivity contribution in [3.8, 4) is 0 Å². The first kappa shape index (κ1) is 20.7. The third-order valence-corrected chi connectivity index (χ3v) is 5.15. The molecule has 1 aromatic rings. The lowest BCUT2D eigenvalue weighted by atomic mass is 9.67. The Morgan fingerprint density at radius 2 is 1.77 bits per heavy atom. The average Bonchev–Trinajstić information content (AvgIpc) is 2.43. The number of rotatable bonds is 4. The van der Waals surface area contributed by atoms with Gasteiger partial charge in [0.25, 0.3) is 0 Å². The fourth-order valence-corrected chi connectivity index (χ4v) is 4.77. The van der Waals surface area contributed by atoms with Crippen LogP contribution < -0.4 is 5.32 Å². The van der Waals surface area contributed by atoms with Gasteiger partial charge in [0.05, 0.1) is 6.61 Å². The van der Waals surface area contributed by atoms with E-state index >= 15 is 0 Å². The van der Waals surface area contributed by atoms with Crippen molar-refractivity contribution < 1.29 is 9.53 Å². The van der Waals surface area contributed by atoms with E-state index in [1.807, 2.05) is 6.92 Å². The monoisotopic (exact) mass is 361 g/mol. The molecule has 1 aliphatic carbocycles. The quantitative estimate of drug-likeness (QED) is 0.764. The van der Waals surface area contributed by atoms with E-state index in [1.54, 1.807) is 13.1 Å². The number of nitrogens with one attached hydrogen (secondary N) is 1. The largest absolute Gasteiger partial charge is 0.462 e. The van der Waals surface area contributed by atoms with Gasteiger partial charge in [-0.3, -0.25) is 0 Å². The van der Waals surface area contributed by atoms with Crippen molar-refractivity contribution >= 4 is 11.8 Å². The summed E-state index contributed by atoms with van der Waals surface area (Å²) in [4.78, 5) is 21.0. The van der Waals surface area contributed by atoms with Crippen molar-refractivity contribution in [1.82, 2.24) is 9.97 Å². The Morgan fingerprint density at radius 1 is 1.19 bits per heavy atom. The smallest absolute Gasteiger partial charge is 0.343 e. The molecule has 1 saturated carbocycles. The van der Waals surface area contributed by atoms with Gasteiger partial charge in [-0.2, -0.15) is 0 Å². The second-order valence-corrected chi connectivity index (χ2v) is 9.49. The van der Waals surface area contributed by atoms with Crippen LogP contribution in [0, 0.1) is 23.7 Å². The predicted octanol–water partition coefficient (Wildman–Crippen LogP) is 5.00. The molecule has 146 valence electrons. The number of carbonyl (C=O) groups excluding carboxylic acids is 1. The zero-order valence-corrected chi connectivity index (χ0v) is 17.5. The van der Waals surface area contributed by atoms with Crippen LogP contribution in [-0.2, 0) is 4.74 Å². The molecule has 0 aliphatic heterocycles. The van der Waals surface area contributed by atoms with E-state index in [4.69, 9.17) is 4.74 Å². The zero-order valence-electron chi connectivity index (χ0n) is 17.5. The lowest BCUT2D eigenvalue weighted by Gasteiger charge is -2.42. The van der Waals surface area contributed by atoms with Gasteiger partial charge in [0, 0.05) is 12.2 Å². The van der Waals surface area contributed by atoms with E-state index in [1.165, 1.54) is 12.8 Å². The maximum Gasteiger partial charge on any atom is 0.343 e. The Labute approximate surface area is 158 Å². The van der Waals surface area contributed by atoms with Crippen LogP contribution in [0.1, 0.15) is 83.4 Å². The third-order valence-electron chi connectivity index (χ3n) is 5.15. The number of ether oxygens (including phenoxy) is 1. The normalized spacial score (nSPS) is 25.0. The topological polar surface area (TPSA) is 64.1 Å². The number of carbonyl (C=O) groups is 1. The van der Waals surface area contributed by atoms with Gasteiger partial charge in [-0.15, -0.1) is 0 Å². The van der Waals surface area contributed by atoms with Crippen LogP contribution in [0.25, 0.3) is 0 Å². The first-order valence-corrected chi connectivity index (χ1v) is 9.78. The number of aryl methyl sites for hydroxylation is 1. The number of esters is 1. The number of anilines is 1. The molecule has 0 bridgehead atoms. The maximum atomic E-state index is 12.3. The van der Waals surface area contributed by atoms with Gasteiger partial charge >= 0.3 is 5.97 Å². The highest BCUT2D eigenvalue weighted by Gasteiger charge is 2.35. The van der Waals surface area contributed by atoms with Crippen molar-refractivity contribution in [3.63, 3.8) is 0 Å². The average molecular weight is 362 g/mol. The standard InChI is InChI=1S/C21H35N3O2/c1-8-26-19(25)17-13-22-15(3)23-18(17)24-16-11-20(4,5)9-14(2)10-21(6,7)12-16/h13-14,16H,8-12H2,1-7H3,(H,22,23,24). The minimum absolute atomic E-state index is 0.250. The van der Waals surface area contributed by atoms with Crippen LogP contribution in [0.2, 0.25) is 0 Å². The highest BCUT2D eigenvalue weighted by atomic mass is 16.5. The molecule has 2 rings (SSSR count). The second-order valence-electron chi connectivity index (χ2n) is 9.49. The van der Waals surface area contributed by atoms with Crippen molar-refractivity contribution in [3.05, 3.63) is 17.6 Å². The lowest BCUT2D eigenvalue weighted by Crippen LogP contribution is -2.37. The minimum Gasteiger partial charge on any atom is -0.462 e. The molecular weight excluding hydrogens is 326 g/mol. The SMILES string of the molecule is CCOC(=O)c1cnc(C)nc1NC1CC(C)(C)CC(C)CC(C)(C)C1. The highest BCUT2D eigenvalue weighted by Crippen LogP contribution is 2.43. The van der Waals surface area contributed by atoms with Crippen molar-refractivity contribution in [1.29, 1.82) is 0 Å². The fraction of sp³-hybridized carbons (Fsp3) is 0.762. The van der Waals surface area contributed by atoms with Crippen LogP contribution >= 0.6 is 0 Å². The van der Waals surface area contributed by atoms with Crippen LogP contribution in [0.5, 0.6) is 0 Å². The number of nitrogens with zero attached hydrogens (tertiary/aromatic N) is 2. The molecule has 0 saturated heterocycles. The Bertz CT molecular complexity index is 620. The third kappa shape index (κ3) is 5.68. The molecule has 5 nitrogen and oxygen atoms in total. The molecule has 26 heavy (non-hydrogen) atoms. The summed E-state index contributed by atoms with van der Waals surface area (Å²) in [5.41, 5.74) is 0.919. The van der Waals surface area contributed by atoms with Crippen molar-refractivity contribution in [2.75, 3.05) is 11.9 Å². The molecule has 0 amide bonds. The van der Waals surface area contributed by atoms with E-state index < -0.39 is 0 Å². The molecule has 5 heteroatoms. The predicted molar refractivity (Wildman–Crippen MR) is 105 cm³/mol. The highest BCUT2D eigenvalue weighted by molar-refractivity contribution is 5.94. The molecular formula is C21H35N3O2. The summed E-state index contributed by atoms with van der Waals surface area (Å²) >= 11 is 0. The van der Waals surface area contributed by atoms with Gasteiger partial charge in [-0.25, -0.2) is 14.8 Å². The van der Waals surface area contributed by atoms with E-state index in [0.717, 1.165) is 18.8 Å². The van der Waals surface area contributed by atoms with E-state index in [-0.39, 0.29) is 22.8 Å². The molecule has 1 heterocycles. The first-order valence-electron chi connectivity index (χ1n) is 9.78. The van der Waals surface area contributed by atoms with E-state index in [2.05, 4.69) is 49.9 Å². The van der Waals surface area contributed by atoms with Gasteiger partial charge in [0.15, 0.2) is 0 Å². The summed E-state index contributed by atoms with van der Waals surface area (Å²) < 4.78 is 5.18. The first-order chi connectivity index (χ1) is 12.0. The van der Waals surface area contributed by atoms with Gasteiger partial charge in [-0.05, 0) is 56.3 Å². The minimum atomic E-state index is -0.368. The second kappa shape index (κ2) is 7.93. The van der Waals surface area contributed by atoms with Gasteiger partial charge < -0.3 is 10.1 Å². The summed E-state index contributed by atoms with van der Waals surface area (Å²) in [6, 6.07) is 0.259. The number of aromatic nitrogens is 2. The molecule has 0 unspecified atom stereocenters. The van der Waals surface area contributed by atoms with E-state index in [0.29, 0.717) is 23.8 Å². The van der Waals surface area contributed by atoms with Gasteiger partial charge in [-0.1, -0.05) is 34.6 Å². The summed E-state index contributed by atoms with van der Waals surface area (Å²) in [6.07, 6.45) is 6.09. The molecule has 0 aromatic carbocycles. The Morgan fingerprint density at radius 3 is 2.31 bits per heavy atom. The molecule has 1 aromatic heterocycles. The summed E-state index contributed by atoms with van der Waals surface area (Å²) in [6.45, 7) is 15.7. The van der Waals surface area contributed by atoms with Crippen LogP contribution in [0.15, 0.2) is 6.20 Å². The summed E-state index contributed by atoms with van der Waals surface area (Å²) in [5.74, 6) is 1.60. The molecule has 1 aliphatic rings. The Hall–Kier alpha value is -1.65. The maximum absolute atomic E-state index is 12.3. The molecule has 1 fully saturated rings. The summed E-state index contributed by atoms with van der Waals surface area (Å²) in [5, 5.41) is 3.57. The Balaban J connectivity index is 2.29. The van der Waals surface area contributed by atoms with Crippen LogP contribution in [0.3, 0.4) is 0 Å². The number of hydrogen-bond donors (Lipinski definition) is 1. The molecule has 0 spiro atoms. The van der Waals surface area contributed by atoms with E-state index in [9.17, 15) is 4.79 Å². The molecule has 1 N–H and O–H groups in total. The lowest BCUT2D eigenvalue weighted by molar-refractivity contribution is 0.0526. The van der Waals surface area contributed by atoms with Crippen molar-refractivity contribution in [2.24, 2.45) is 16.7 Å². The van der Waals surface area contributed by atoms with Crippen molar-refractivity contribution in [2.45, 2.75) is 80.2 Å². The van der Waals surface area contributed by atoms with Crippen LogP contribution in [0.4, 0.5) is 5.82 Å². The molecule has 0 radical (unpaired) electrons. The fourth-order valence-electron chi connectivity index (χ4n) is 4.77. The Kier molecular flexibility index (Phi) is 6.30. The van der Waals surface area contributed by atoms with Gasteiger partial charge in [0.2, 0.25) is 0 Å². The molecule has 0 atom stereocenters.